The van der Waals surface area contributed by atoms with E-state index in [9.17, 15) is 8.42 Å². The van der Waals surface area contributed by atoms with E-state index in [1.165, 1.54) is 10.7 Å². The summed E-state index contributed by atoms with van der Waals surface area (Å²) in [6.45, 7) is 1.79. The third-order valence-electron chi connectivity index (χ3n) is 2.53. The number of fused-ring (bicyclic) bond motifs is 1. The molecule has 19 heavy (non-hydrogen) atoms. The molecule has 3 aromatic rings. The molecular formula is C11H10N4O3S. The Balaban J connectivity index is 2.36. The van der Waals surface area contributed by atoms with Crippen molar-refractivity contribution in [3.05, 3.63) is 30.2 Å². The van der Waals surface area contributed by atoms with E-state index in [2.05, 4.69) is 15.1 Å². The molecule has 0 aliphatic carbocycles. The number of aryl methyl sites for hydroxylation is 1. The molecule has 0 spiro atoms. The van der Waals surface area contributed by atoms with Crippen molar-refractivity contribution in [2.45, 2.75) is 12.1 Å². The Hall–Kier alpha value is -2.22. The van der Waals surface area contributed by atoms with E-state index in [1.807, 2.05) is 0 Å². The van der Waals surface area contributed by atoms with Crippen molar-refractivity contribution >= 4 is 15.5 Å². The van der Waals surface area contributed by atoms with Crippen LogP contribution in [0.2, 0.25) is 0 Å². The largest absolute Gasteiger partial charge is 0.458 e. The number of hydrogen-bond donors (Lipinski definition) is 0. The maximum Gasteiger partial charge on any atom is 0.250 e. The molecule has 3 aromatic heterocycles. The van der Waals surface area contributed by atoms with Crippen molar-refractivity contribution in [1.82, 2.24) is 19.6 Å². The maximum atomic E-state index is 11.6. The van der Waals surface area contributed by atoms with Crippen LogP contribution in [0.4, 0.5) is 0 Å². The van der Waals surface area contributed by atoms with Gasteiger partial charge in [0.2, 0.25) is 15.7 Å². The van der Waals surface area contributed by atoms with E-state index in [0.29, 0.717) is 23.0 Å². The number of furan rings is 1. The van der Waals surface area contributed by atoms with Crippen molar-refractivity contribution < 1.29 is 12.8 Å². The van der Waals surface area contributed by atoms with Crippen molar-refractivity contribution in [3.63, 3.8) is 0 Å². The van der Waals surface area contributed by atoms with Gasteiger partial charge in [-0.2, -0.15) is 19.6 Å². The highest BCUT2D eigenvalue weighted by atomic mass is 32.2. The number of sulfone groups is 1. The van der Waals surface area contributed by atoms with Gasteiger partial charge < -0.3 is 4.42 Å². The van der Waals surface area contributed by atoms with Gasteiger partial charge in [0.05, 0.1) is 6.20 Å². The molecule has 0 aliphatic rings. The molecule has 0 bridgehead atoms. The Bertz CT molecular complexity index is 863. The van der Waals surface area contributed by atoms with Crippen LogP contribution in [0.1, 0.15) is 5.76 Å². The predicted molar refractivity (Wildman–Crippen MR) is 66.3 cm³/mol. The van der Waals surface area contributed by atoms with Gasteiger partial charge in [0.1, 0.15) is 5.76 Å². The van der Waals surface area contributed by atoms with Gasteiger partial charge in [0.15, 0.2) is 11.4 Å². The van der Waals surface area contributed by atoms with Crippen LogP contribution >= 0.6 is 0 Å². The van der Waals surface area contributed by atoms with Gasteiger partial charge in [0, 0.05) is 12.3 Å². The van der Waals surface area contributed by atoms with Gasteiger partial charge in [-0.25, -0.2) is 8.42 Å². The van der Waals surface area contributed by atoms with Crippen molar-refractivity contribution in [2.75, 3.05) is 6.26 Å². The number of aromatic nitrogens is 4. The molecule has 0 saturated heterocycles. The van der Waals surface area contributed by atoms with Crippen LogP contribution in [-0.2, 0) is 9.84 Å². The van der Waals surface area contributed by atoms with Gasteiger partial charge in [-0.15, -0.1) is 0 Å². The Morgan fingerprint density at radius 3 is 2.63 bits per heavy atom. The minimum Gasteiger partial charge on any atom is -0.458 e. The van der Waals surface area contributed by atoms with Gasteiger partial charge in [0.25, 0.3) is 5.16 Å². The number of hydrogen-bond acceptors (Lipinski definition) is 6. The molecule has 0 aliphatic heterocycles. The first-order chi connectivity index (χ1) is 8.95. The van der Waals surface area contributed by atoms with Crippen LogP contribution < -0.4 is 0 Å². The number of rotatable bonds is 2. The summed E-state index contributed by atoms with van der Waals surface area (Å²) < 4.78 is 30.1. The monoisotopic (exact) mass is 278 g/mol. The van der Waals surface area contributed by atoms with E-state index in [1.54, 1.807) is 25.1 Å². The first-order valence-corrected chi connectivity index (χ1v) is 7.33. The summed E-state index contributed by atoms with van der Waals surface area (Å²) in [6, 6.07) is 5.09. The highest BCUT2D eigenvalue weighted by Crippen LogP contribution is 2.21. The fourth-order valence-corrected chi connectivity index (χ4v) is 2.20. The lowest BCUT2D eigenvalue weighted by Gasteiger charge is -2.03. The fourth-order valence-electron chi connectivity index (χ4n) is 1.69. The SMILES string of the molecule is Cc1ccc(-c2nc(S(C)(=O)=O)nc3ccnn23)o1. The summed E-state index contributed by atoms with van der Waals surface area (Å²) in [4.78, 5) is 7.99. The Labute approximate surface area is 108 Å². The van der Waals surface area contributed by atoms with E-state index >= 15 is 0 Å². The lowest BCUT2D eigenvalue weighted by molar-refractivity contribution is 0.539. The molecule has 98 valence electrons. The first-order valence-electron chi connectivity index (χ1n) is 5.44. The highest BCUT2D eigenvalue weighted by molar-refractivity contribution is 7.90. The van der Waals surface area contributed by atoms with Crippen LogP contribution in [0.25, 0.3) is 17.2 Å². The molecule has 0 N–H and O–H groups in total. The predicted octanol–water partition coefficient (Wildman–Crippen LogP) is 1.10. The molecule has 7 nitrogen and oxygen atoms in total. The summed E-state index contributed by atoms with van der Waals surface area (Å²) in [5, 5.41) is 3.82. The fraction of sp³-hybridized carbons (Fsp3) is 0.182. The Kier molecular flexibility index (Phi) is 2.42. The lowest BCUT2D eigenvalue weighted by atomic mass is 10.4. The minimum atomic E-state index is -3.50. The summed E-state index contributed by atoms with van der Waals surface area (Å²) >= 11 is 0. The molecule has 0 saturated carbocycles. The average Bonchev–Trinajstić information content (AvgIpc) is 2.94. The molecule has 3 rings (SSSR count). The van der Waals surface area contributed by atoms with Crippen LogP contribution in [0, 0.1) is 6.92 Å². The van der Waals surface area contributed by atoms with Crippen molar-refractivity contribution in [1.29, 1.82) is 0 Å². The Morgan fingerprint density at radius 2 is 2.00 bits per heavy atom. The summed E-state index contributed by atoms with van der Waals surface area (Å²) in [5.74, 6) is 1.46. The van der Waals surface area contributed by atoms with Crippen LogP contribution in [0.3, 0.4) is 0 Å². The zero-order valence-electron chi connectivity index (χ0n) is 10.2. The van der Waals surface area contributed by atoms with Crippen molar-refractivity contribution in [2.24, 2.45) is 0 Å². The van der Waals surface area contributed by atoms with Crippen LogP contribution in [-0.4, -0.2) is 34.3 Å². The second-order valence-corrected chi connectivity index (χ2v) is 6.02. The molecule has 3 heterocycles. The van der Waals surface area contributed by atoms with Crippen LogP contribution in [0.15, 0.2) is 34.0 Å². The zero-order chi connectivity index (χ0) is 13.6. The van der Waals surface area contributed by atoms with E-state index in [0.717, 1.165) is 6.26 Å². The van der Waals surface area contributed by atoms with Crippen molar-refractivity contribution in [3.8, 4) is 11.6 Å². The van der Waals surface area contributed by atoms with Gasteiger partial charge in [-0.1, -0.05) is 0 Å². The lowest BCUT2D eigenvalue weighted by Crippen LogP contribution is -2.09. The normalized spacial score (nSPS) is 12.1. The van der Waals surface area contributed by atoms with Gasteiger partial charge >= 0.3 is 0 Å². The summed E-state index contributed by atoms with van der Waals surface area (Å²) in [6.07, 6.45) is 2.59. The molecule has 0 fully saturated rings. The van der Waals surface area contributed by atoms with E-state index in [-0.39, 0.29) is 5.16 Å². The quantitative estimate of drug-likeness (QED) is 0.697. The smallest absolute Gasteiger partial charge is 0.250 e. The molecule has 8 heteroatoms. The van der Waals surface area contributed by atoms with Crippen LogP contribution in [0.5, 0.6) is 0 Å². The van der Waals surface area contributed by atoms with E-state index in [4.69, 9.17) is 4.42 Å². The molecule has 0 aromatic carbocycles. The molecule has 0 radical (unpaired) electrons. The first kappa shape index (κ1) is 11.8. The van der Waals surface area contributed by atoms with Gasteiger partial charge in [-0.3, -0.25) is 0 Å². The van der Waals surface area contributed by atoms with Gasteiger partial charge in [-0.05, 0) is 19.1 Å². The highest BCUT2D eigenvalue weighted by Gasteiger charge is 2.18. The maximum absolute atomic E-state index is 11.6. The topological polar surface area (TPSA) is 90.4 Å². The number of nitrogens with zero attached hydrogens (tertiary/aromatic N) is 4. The third kappa shape index (κ3) is 1.99. The average molecular weight is 278 g/mol. The second kappa shape index (κ2) is 3.89. The molecule has 0 unspecified atom stereocenters. The zero-order valence-corrected chi connectivity index (χ0v) is 11.0. The Morgan fingerprint density at radius 1 is 1.21 bits per heavy atom. The minimum absolute atomic E-state index is 0.246. The summed E-state index contributed by atoms with van der Waals surface area (Å²) in [7, 11) is -3.50. The molecular weight excluding hydrogens is 268 g/mol. The summed E-state index contributed by atoms with van der Waals surface area (Å²) in [5.41, 5.74) is 0.402. The third-order valence-corrected chi connectivity index (χ3v) is 3.37. The molecule has 0 atom stereocenters. The molecule has 0 amide bonds. The van der Waals surface area contributed by atoms with E-state index < -0.39 is 9.84 Å². The standard InChI is InChI=1S/C11H10N4O3S/c1-7-3-4-8(18-7)10-14-11(19(2,16)17)13-9-5-6-12-15(9)10/h3-6H,1-2H3. The second-order valence-electron chi connectivity index (χ2n) is 4.11.